The zero-order valence-corrected chi connectivity index (χ0v) is 17.1. The van der Waals surface area contributed by atoms with Gasteiger partial charge < -0.3 is 24.6 Å². The van der Waals surface area contributed by atoms with Gasteiger partial charge in [0.1, 0.15) is 32.7 Å². The van der Waals surface area contributed by atoms with E-state index in [1.54, 1.807) is 16.2 Å². The molecule has 2 aromatic rings. The molecule has 0 spiro atoms. The fourth-order valence-corrected chi connectivity index (χ4v) is 4.69. The van der Waals surface area contributed by atoms with Crippen molar-refractivity contribution in [3.63, 3.8) is 0 Å². The molecule has 0 saturated carbocycles. The van der Waals surface area contributed by atoms with Crippen molar-refractivity contribution in [3.8, 4) is 11.5 Å². The van der Waals surface area contributed by atoms with Gasteiger partial charge in [0.2, 0.25) is 6.79 Å². The van der Waals surface area contributed by atoms with Gasteiger partial charge in [0, 0.05) is 17.0 Å². The van der Waals surface area contributed by atoms with E-state index >= 15 is 0 Å². The summed E-state index contributed by atoms with van der Waals surface area (Å²) in [5.74, 6) is 1.87. The van der Waals surface area contributed by atoms with Crippen LogP contribution in [0.1, 0.15) is 17.4 Å². The summed E-state index contributed by atoms with van der Waals surface area (Å²) in [5, 5.41) is 5.19. The molecule has 0 aliphatic carbocycles. The van der Waals surface area contributed by atoms with Crippen LogP contribution >= 0.6 is 11.3 Å². The van der Waals surface area contributed by atoms with Crippen LogP contribution in [0.5, 0.6) is 11.5 Å². The normalized spacial score (nSPS) is 22.0. The van der Waals surface area contributed by atoms with Crippen molar-refractivity contribution in [1.29, 1.82) is 0 Å². The highest BCUT2D eigenvalue weighted by molar-refractivity contribution is 7.09. The van der Waals surface area contributed by atoms with E-state index in [2.05, 4.69) is 41.9 Å². The molecule has 0 radical (unpaired) electrons. The van der Waals surface area contributed by atoms with Crippen LogP contribution < -0.4 is 24.6 Å². The van der Waals surface area contributed by atoms with Crippen LogP contribution in [-0.2, 0) is 17.8 Å². The number of hydrogen-bond donors (Lipinski definition) is 3. The van der Waals surface area contributed by atoms with E-state index in [0.717, 1.165) is 57.2 Å². The van der Waals surface area contributed by atoms with Crippen LogP contribution in [0.4, 0.5) is 0 Å². The summed E-state index contributed by atoms with van der Waals surface area (Å²) >= 11 is 1.74. The van der Waals surface area contributed by atoms with E-state index in [0.29, 0.717) is 6.79 Å². The Bertz CT molecular complexity index is 788. The minimum Gasteiger partial charge on any atom is -0.454 e. The van der Waals surface area contributed by atoms with Crippen LogP contribution in [0, 0.1) is 0 Å². The molecule has 1 fully saturated rings. The predicted molar refractivity (Wildman–Crippen MR) is 108 cm³/mol. The largest absolute Gasteiger partial charge is 0.454 e. The molecule has 6 nitrogen and oxygen atoms in total. The summed E-state index contributed by atoms with van der Waals surface area (Å²) in [6.07, 6.45) is 0.916. The Kier molecular flexibility index (Phi) is 6.14. The average molecular weight is 404 g/mol. The summed E-state index contributed by atoms with van der Waals surface area (Å²) in [4.78, 5) is 16.8. The Morgan fingerprint density at radius 1 is 1.18 bits per heavy atom. The van der Waals surface area contributed by atoms with Gasteiger partial charge in [-0.1, -0.05) is 6.07 Å². The van der Waals surface area contributed by atoms with E-state index in [1.807, 2.05) is 6.07 Å². The zero-order valence-electron chi connectivity index (χ0n) is 16.3. The third-order valence-electron chi connectivity index (χ3n) is 5.75. The molecule has 3 heterocycles. The van der Waals surface area contributed by atoms with Crippen molar-refractivity contribution in [2.24, 2.45) is 0 Å². The molecule has 7 heteroatoms. The molecule has 2 aliphatic heterocycles. The van der Waals surface area contributed by atoms with Crippen LogP contribution in [-0.4, -0.2) is 51.5 Å². The Labute approximate surface area is 170 Å². The third kappa shape index (κ3) is 4.66. The van der Waals surface area contributed by atoms with Crippen molar-refractivity contribution in [2.75, 3.05) is 39.5 Å². The molecule has 0 bridgehead atoms. The number of rotatable bonds is 7. The van der Waals surface area contributed by atoms with Crippen molar-refractivity contribution in [1.82, 2.24) is 5.32 Å². The Balaban J connectivity index is 1.20. The number of ether oxygens (including phenoxy) is 2. The Morgan fingerprint density at radius 2 is 2.00 bits per heavy atom. The van der Waals surface area contributed by atoms with Gasteiger partial charge in [-0.25, -0.2) is 0 Å². The van der Waals surface area contributed by atoms with Gasteiger partial charge in [0.15, 0.2) is 17.5 Å². The maximum Gasteiger partial charge on any atom is 0.278 e. The van der Waals surface area contributed by atoms with Crippen molar-refractivity contribution in [3.05, 3.63) is 46.2 Å². The van der Waals surface area contributed by atoms with Crippen molar-refractivity contribution in [2.45, 2.75) is 25.9 Å². The fourth-order valence-electron chi connectivity index (χ4n) is 3.98. The van der Waals surface area contributed by atoms with Gasteiger partial charge in [0.05, 0.1) is 0 Å². The maximum atomic E-state index is 12.5. The first-order chi connectivity index (χ1) is 13.7. The minimum absolute atomic E-state index is 0.00966. The molecule has 3 N–H and O–H groups in total. The van der Waals surface area contributed by atoms with Crippen LogP contribution in [0.25, 0.3) is 0 Å². The summed E-state index contributed by atoms with van der Waals surface area (Å²) in [7, 11) is 0. The van der Waals surface area contributed by atoms with Gasteiger partial charge in [-0.2, -0.15) is 0 Å². The predicted octanol–water partition coefficient (Wildman–Crippen LogP) is -0.492. The second-order valence-electron chi connectivity index (χ2n) is 7.61. The lowest BCUT2D eigenvalue weighted by atomic mass is 10.1. The van der Waals surface area contributed by atoms with E-state index in [-0.39, 0.29) is 11.9 Å². The topological polar surface area (TPSA) is 56.4 Å². The number of thiophene rings is 1. The van der Waals surface area contributed by atoms with Gasteiger partial charge >= 0.3 is 0 Å². The van der Waals surface area contributed by atoms with Crippen molar-refractivity contribution < 1.29 is 24.1 Å². The number of hydrogen-bond acceptors (Lipinski definition) is 4. The highest BCUT2D eigenvalue weighted by Gasteiger charge is 2.31. The second-order valence-corrected chi connectivity index (χ2v) is 8.65. The number of carbonyl (C=O) groups excluding carboxylic acids is 1. The number of fused-ring (bicyclic) bond motifs is 1. The average Bonchev–Trinajstić information content (AvgIpc) is 3.39. The quantitative estimate of drug-likeness (QED) is 0.585. The molecule has 4 rings (SSSR count). The molecular formula is C21H29N3O3S+2. The summed E-state index contributed by atoms with van der Waals surface area (Å²) in [5.41, 5.74) is 1.28. The third-order valence-corrected chi connectivity index (χ3v) is 6.68. The number of carbonyl (C=O) groups is 1. The lowest BCUT2D eigenvalue weighted by molar-refractivity contribution is -1.02. The minimum atomic E-state index is 0.00966. The molecular weight excluding hydrogens is 374 g/mol. The van der Waals surface area contributed by atoms with Gasteiger partial charge in [-0.3, -0.25) is 4.79 Å². The van der Waals surface area contributed by atoms with E-state index in [4.69, 9.17) is 9.47 Å². The summed E-state index contributed by atoms with van der Waals surface area (Å²) in [6.45, 7) is 8.30. The molecule has 150 valence electrons. The molecule has 1 aromatic heterocycles. The standard InChI is InChI=1S/C21H27N3O3S/c1-16(21(25)22-7-6-18-3-2-12-28-18)24-10-8-23(9-11-24)14-17-4-5-19-20(13-17)27-15-26-19/h2-5,12-13,16H,6-11,14-15H2,1H3,(H,22,25)/p+2/t16-/m1/s1. The fraction of sp³-hybridized carbons (Fsp3) is 0.476. The highest BCUT2D eigenvalue weighted by Crippen LogP contribution is 2.32. The molecule has 2 aliphatic rings. The summed E-state index contributed by atoms with van der Waals surface area (Å²) in [6, 6.07) is 10.4. The van der Waals surface area contributed by atoms with Gasteiger partial charge in [-0.05, 0) is 43.0 Å². The van der Waals surface area contributed by atoms with Gasteiger partial charge in [-0.15, -0.1) is 11.3 Å². The molecule has 28 heavy (non-hydrogen) atoms. The lowest BCUT2D eigenvalue weighted by Gasteiger charge is -2.32. The molecule has 1 aromatic carbocycles. The molecule has 0 unspecified atom stereocenters. The zero-order chi connectivity index (χ0) is 19.3. The smallest absolute Gasteiger partial charge is 0.278 e. The number of amides is 1. The molecule has 1 saturated heterocycles. The Hall–Kier alpha value is -2.09. The monoisotopic (exact) mass is 403 g/mol. The van der Waals surface area contributed by atoms with Crippen LogP contribution in [0.3, 0.4) is 0 Å². The first-order valence-corrected chi connectivity index (χ1v) is 10.9. The highest BCUT2D eigenvalue weighted by atomic mass is 32.1. The lowest BCUT2D eigenvalue weighted by Crippen LogP contribution is -3.29. The number of nitrogens with one attached hydrogen (secondary N) is 3. The number of piperazine rings is 1. The number of quaternary nitrogens is 2. The van der Waals surface area contributed by atoms with E-state index in [1.165, 1.54) is 15.3 Å². The van der Waals surface area contributed by atoms with Gasteiger partial charge in [0.25, 0.3) is 5.91 Å². The molecule has 1 atom stereocenters. The van der Waals surface area contributed by atoms with E-state index in [9.17, 15) is 4.79 Å². The summed E-state index contributed by atoms with van der Waals surface area (Å²) < 4.78 is 10.9. The van der Waals surface area contributed by atoms with Crippen molar-refractivity contribution >= 4 is 17.2 Å². The first kappa shape index (κ1) is 19.2. The molecule has 1 amide bonds. The number of benzene rings is 1. The SMILES string of the molecule is C[C@H](C(=O)NCCc1cccs1)[NH+]1CC[NH+](Cc2ccc3c(c2)OCO3)CC1. The van der Waals surface area contributed by atoms with Crippen LogP contribution in [0.15, 0.2) is 35.7 Å². The second kappa shape index (κ2) is 8.94. The maximum absolute atomic E-state index is 12.5. The van der Waals surface area contributed by atoms with E-state index < -0.39 is 0 Å². The Morgan fingerprint density at radius 3 is 2.79 bits per heavy atom. The van der Waals surface area contributed by atoms with Crippen LogP contribution in [0.2, 0.25) is 0 Å². The first-order valence-electron chi connectivity index (χ1n) is 10.1.